The summed E-state index contributed by atoms with van der Waals surface area (Å²) in [6.07, 6.45) is 1.41. The second-order valence-electron chi connectivity index (χ2n) is 3.01. The Hall–Kier alpha value is -1.54. The van der Waals surface area contributed by atoms with Crippen molar-refractivity contribution in [1.82, 2.24) is 4.90 Å². The van der Waals surface area contributed by atoms with E-state index in [0.29, 0.717) is 10.4 Å². The van der Waals surface area contributed by atoms with E-state index in [1.54, 1.807) is 26.2 Å². The zero-order valence-corrected chi connectivity index (χ0v) is 9.91. The predicted molar refractivity (Wildman–Crippen MR) is 58.7 cm³/mol. The summed E-state index contributed by atoms with van der Waals surface area (Å²) in [5, 5.41) is 8.79. The van der Waals surface area contributed by atoms with E-state index in [9.17, 15) is 4.79 Å². The first-order valence-corrected chi connectivity index (χ1v) is 4.92. The van der Waals surface area contributed by atoms with Crippen LogP contribution < -0.4 is 0 Å². The van der Waals surface area contributed by atoms with Crippen molar-refractivity contribution in [2.75, 3.05) is 14.1 Å². The molecule has 0 bridgehead atoms. The van der Waals surface area contributed by atoms with Crippen LogP contribution in [0.4, 0.5) is 0 Å². The van der Waals surface area contributed by atoms with E-state index in [0.717, 1.165) is 0 Å². The van der Waals surface area contributed by atoms with Crippen molar-refractivity contribution in [2.24, 2.45) is 0 Å². The van der Waals surface area contributed by atoms with Crippen molar-refractivity contribution in [2.45, 2.75) is 0 Å². The quantitative estimate of drug-likeness (QED) is 0.609. The van der Waals surface area contributed by atoms with E-state index in [1.807, 2.05) is 6.07 Å². The van der Waals surface area contributed by atoms with Gasteiger partial charge < -0.3 is 9.32 Å². The molecule has 0 aliphatic rings. The third-order valence-corrected chi connectivity index (χ3v) is 2.06. The fourth-order valence-electron chi connectivity index (χ4n) is 0.931. The molecule has 1 heterocycles. The topological polar surface area (TPSA) is 57.2 Å². The summed E-state index contributed by atoms with van der Waals surface area (Å²) in [5.41, 5.74) is 0.0434. The lowest BCUT2D eigenvalue weighted by Crippen LogP contribution is -2.22. The molecule has 4 nitrogen and oxygen atoms in total. The van der Waals surface area contributed by atoms with Crippen molar-refractivity contribution >= 4 is 27.9 Å². The summed E-state index contributed by atoms with van der Waals surface area (Å²) >= 11 is 3.14. The fourth-order valence-corrected chi connectivity index (χ4v) is 1.25. The maximum Gasteiger partial charge on any atom is 0.264 e. The predicted octanol–water partition coefficient (Wildman–Crippen LogP) is 2.04. The van der Waals surface area contributed by atoms with Gasteiger partial charge in [0.25, 0.3) is 5.91 Å². The van der Waals surface area contributed by atoms with E-state index in [1.165, 1.54) is 11.0 Å². The molecule has 0 unspecified atom stereocenters. The largest absolute Gasteiger partial charge is 0.450 e. The van der Waals surface area contributed by atoms with Crippen LogP contribution in [0.1, 0.15) is 5.76 Å². The number of carbonyl (C=O) groups excluding carboxylic acids is 1. The van der Waals surface area contributed by atoms with Crippen molar-refractivity contribution in [3.63, 3.8) is 0 Å². The Labute approximate surface area is 95.9 Å². The van der Waals surface area contributed by atoms with Crippen LogP contribution in [0.5, 0.6) is 0 Å². The number of furan rings is 1. The second kappa shape index (κ2) is 4.80. The number of hydrogen-bond donors (Lipinski definition) is 0. The lowest BCUT2D eigenvalue weighted by atomic mass is 10.2. The van der Waals surface area contributed by atoms with Gasteiger partial charge in [0.2, 0.25) is 0 Å². The summed E-state index contributed by atoms with van der Waals surface area (Å²) in [5.74, 6) is 0.124. The smallest absolute Gasteiger partial charge is 0.264 e. The Morgan fingerprint density at radius 2 is 2.27 bits per heavy atom. The third kappa shape index (κ3) is 2.96. The Kier molecular flexibility index (Phi) is 3.69. The SMILES string of the molecule is CN(C)C(=O)/C(C#N)=C/c1ccc(Br)o1. The Bertz CT molecular complexity index is 441. The lowest BCUT2D eigenvalue weighted by molar-refractivity contribution is -0.124. The van der Waals surface area contributed by atoms with Gasteiger partial charge >= 0.3 is 0 Å². The minimum absolute atomic E-state index is 0.0434. The average Bonchev–Trinajstić information content (AvgIpc) is 2.59. The number of nitriles is 1. The molecular weight excluding hydrogens is 260 g/mol. The summed E-state index contributed by atoms with van der Waals surface area (Å²) < 4.78 is 5.72. The van der Waals surface area contributed by atoms with Crippen molar-refractivity contribution in [1.29, 1.82) is 5.26 Å². The molecule has 1 aromatic heterocycles. The summed E-state index contributed by atoms with van der Waals surface area (Å²) in [4.78, 5) is 12.8. The van der Waals surface area contributed by atoms with Gasteiger partial charge in [0.1, 0.15) is 17.4 Å². The van der Waals surface area contributed by atoms with Gasteiger partial charge in [-0.05, 0) is 28.1 Å². The Morgan fingerprint density at radius 3 is 2.67 bits per heavy atom. The molecule has 1 aromatic rings. The first-order chi connectivity index (χ1) is 7.04. The van der Waals surface area contributed by atoms with Gasteiger partial charge in [0, 0.05) is 20.2 Å². The molecule has 0 aromatic carbocycles. The molecule has 0 aliphatic carbocycles. The summed E-state index contributed by atoms with van der Waals surface area (Å²) in [6.45, 7) is 0. The van der Waals surface area contributed by atoms with Gasteiger partial charge in [-0.15, -0.1) is 0 Å². The molecule has 0 saturated heterocycles. The molecule has 15 heavy (non-hydrogen) atoms. The van der Waals surface area contributed by atoms with Gasteiger partial charge in [0.05, 0.1) is 0 Å². The minimum atomic E-state index is -0.343. The zero-order chi connectivity index (χ0) is 11.4. The molecule has 1 amide bonds. The molecule has 5 heteroatoms. The number of halogens is 1. The van der Waals surface area contributed by atoms with Crippen LogP contribution in [-0.4, -0.2) is 24.9 Å². The number of carbonyl (C=O) groups is 1. The Balaban J connectivity index is 2.99. The number of rotatable bonds is 2. The van der Waals surface area contributed by atoms with Gasteiger partial charge in [-0.25, -0.2) is 0 Å². The number of amides is 1. The molecular formula is C10H9BrN2O2. The van der Waals surface area contributed by atoms with Crippen LogP contribution in [0.3, 0.4) is 0 Å². The molecule has 0 saturated carbocycles. The van der Waals surface area contributed by atoms with Crippen molar-refractivity contribution < 1.29 is 9.21 Å². The van der Waals surface area contributed by atoms with Crippen LogP contribution in [0, 0.1) is 11.3 Å². The van der Waals surface area contributed by atoms with Gasteiger partial charge in [0.15, 0.2) is 4.67 Å². The first-order valence-electron chi connectivity index (χ1n) is 4.13. The van der Waals surface area contributed by atoms with E-state index >= 15 is 0 Å². The maximum absolute atomic E-state index is 11.5. The normalized spacial score (nSPS) is 10.9. The zero-order valence-electron chi connectivity index (χ0n) is 8.32. The summed E-state index contributed by atoms with van der Waals surface area (Å²) in [6, 6.07) is 5.20. The molecule has 0 fully saturated rings. The van der Waals surface area contributed by atoms with E-state index < -0.39 is 0 Å². The van der Waals surface area contributed by atoms with Crippen molar-refractivity contribution in [3.05, 3.63) is 28.1 Å². The highest BCUT2D eigenvalue weighted by atomic mass is 79.9. The fraction of sp³-hybridized carbons (Fsp3) is 0.200. The second-order valence-corrected chi connectivity index (χ2v) is 3.79. The molecule has 0 N–H and O–H groups in total. The van der Waals surface area contributed by atoms with Gasteiger partial charge in [-0.2, -0.15) is 5.26 Å². The van der Waals surface area contributed by atoms with Gasteiger partial charge in [-0.1, -0.05) is 0 Å². The molecule has 78 valence electrons. The molecule has 0 spiro atoms. The number of likely N-dealkylation sites (N-methyl/N-ethyl adjacent to an activating group) is 1. The van der Waals surface area contributed by atoms with Crippen LogP contribution in [0.2, 0.25) is 0 Å². The highest BCUT2D eigenvalue weighted by molar-refractivity contribution is 9.10. The molecule has 0 aliphatic heterocycles. The van der Waals surface area contributed by atoms with Crippen LogP contribution in [0.15, 0.2) is 26.8 Å². The lowest BCUT2D eigenvalue weighted by Gasteiger charge is -2.07. The van der Waals surface area contributed by atoms with Gasteiger partial charge in [-0.3, -0.25) is 4.79 Å². The first kappa shape index (κ1) is 11.5. The maximum atomic E-state index is 11.5. The average molecular weight is 269 g/mol. The monoisotopic (exact) mass is 268 g/mol. The van der Waals surface area contributed by atoms with Crippen LogP contribution in [-0.2, 0) is 4.79 Å². The minimum Gasteiger partial charge on any atom is -0.450 e. The molecule has 0 radical (unpaired) electrons. The summed E-state index contributed by atoms with van der Waals surface area (Å²) in [7, 11) is 3.18. The van der Waals surface area contributed by atoms with E-state index in [4.69, 9.17) is 9.68 Å². The number of nitrogens with zero attached hydrogens (tertiary/aromatic N) is 2. The van der Waals surface area contributed by atoms with E-state index in [-0.39, 0.29) is 11.5 Å². The highest BCUT2D eigenvalue weighted by Gasteiger charge is 2.11. The highest BCUT2D eigenvalue weighted by Crippen LogP contribution is 2.16. The van der Waals surface area contributed by atoms with Crippen molar-refractivity contribution in [3.8, 4) is 6.07 Å². The molecule has 1 rings (SSSR count). The standard InChI is InChI=1S/C10H9BrN2O2/c1-13(2)10(14)7(6-12)5-8-3-4-9(11)15-8/h3-5H,1-2H3/b7-5+. The Morgan fingerprint density at radius 1 is 1.60 bits per heavy atom. The van der Waals surface area contributed by atoms with Crippen LogP contribution in [0.25, 0.3) is 6.08 Å². The number of hydrogen-bond acceptors (Lipinski definition) is 3. The van der Waals surface area contributed by atoms with Crippen LogP contribution >= 0.6 is 15.9 Å². The van der Waals surface area contributed by atoms with E-state index in [2.05, 4.69) is 15.9 Å². The third-order valence-electron chi connectivity index (χ3n) is 1.64. The molecule has 0 atom stereocenters.